The lowest BCUT2D eigenvalue weighted by Gasteiger charge is -2.21. The molecule has 0 radical (unpaired) electrons. The lowest BCUT2D eigenvalue weighted by atomic mass is 10.0. The van der Waals surface area contributed by atoms with Crippen molar-refractivity contribution in [2.45, 2.75) is 78.9 Å². The molecule has 0 saturated carbocycles. The Hall–Kier alpha value is -5.66. The summed E-state index contributed by atoms with van der Waals surface area (Å²) in [7, 11) is 0. The number of carbonyl (C=O) groups is 2. The van der Waals surface area contributed by atoms with Crippen molar-refractivity contribution in [2.24, 2.45) is 0 Å². The van der Waals surface area contributed by atoms with Gasteiger partial charge in [-0.15, -0.1) is 0 Å². The first-order chi connectivity index (χ1) is 24.9. The average molecular weight is 751 g/mol. The molecule has 8 nitrogen and oxygen atoms in total. The van der Waals surface area contributed by atoms with Crippen LogP contribution < -0.4 is 0 Å². The minimum Gasteiger partial charge on any atom is -0.443 e. The van der Waals surface area contributed by atoms with Gasteiger partial charge in [-0.1, -0.05) is 24.3 Å². The quantitative estimate of drug-likeness (QED) is 0.167. The van der Waals surface area contributed by atoms with Crippen LogP contribution in [0, 0.1) is 13.8 Å². The van der Waals surface area contributed by atoms with Gasteiger partial charge in [0.2, 0.25) is 0 Å². The Labute approximate surface area is 306 Å². The van der Waals surface area contributed by atoms with Gasteiger partial charge in [0, 0.05) is 11.1 Å². The van der Waals surface area contributed by atoms with Crippen LogP contribution >= 0.6 is 0 Å². The number of halogens is 6. The number of alkyl halides is 6. The average Bonchev–Trinajstić information content (AvgIpc) is 3.60. The van der Waals surface area contributed by atoms with Crippen LogP contribution in [0.15, 0.2) is 72.8 Å². The normalized spacial score (nSPS) is 12.8. The molecule has 0 fully saturated rings. The summed E-state index contributed by atoms with van der Waals surface area (Å²) in [6.45, 7) is 13.5. The Balaban J connectivity index is 1.70. The van der Waals surface area contributed by atoms with Crippen molar-refractivity contribution in [3.63, 3.8) is 0 Å². The van der Waals surface area contributed by atoms with Crippen molar-refractivity contribution in [3.8, 4) is 33.9 Å². The number of carbonyl (C=O) groups excluding carboxylic acids is 2. The Kier molecular flexibility index (Phi) is 9.19. The van der Waals surface area contributed by atoms with E-state index in [2.05, 4.69) is 0 Å². The molecule has 0 bridgehead atoms. The summed E-state index contributed by atoms with van der Waals surface area (Å²) in [5.41, 5.74) is -0.0575. The summed E-state index contributed by atoms with van der Waals surface area (Å²) in [4.78, 5) is 38.0. The zero-order chi connectivity index (χ0) is 39.7. The van der Waals surface area contributed by atoms with Gasteiger partial charge < -0.3 is 9.47 Å². The number of aryl methyl sites for hydroxylation is 2. The molecule has 0 amide bonds. The molecule has 0 atom stereocenters. The number of aromatic nitrogens is 4. The minimum absolute atomic E-state index is 0.156. The van der Waals surface area contributed by atoms with E-state index < -0.39 is 46.9 Å². The Morgan fingerprint density at radius 1 is 0.537 bits per heavy atom. The Bertz CT molecular complexity index is 2260. The number of hydrogen-bond donors (Lipinski definition) is 0. The smallest absolute Gasteiger partial charge is 0.420 e. The molecular weight excluding hydrogens is 714 g/mol. The maximum atomic E-state index is 14.2. The highest BCUT2D eigenvalue weighted by Gasteiger charge is 2.34. The van der Waals surface area contributed by atoms with E-state index in [0.717, 1.165) is 33.4 Å². The lowest BCUT2D eigenvalue weighted by Crippen LogP contribution is -2.29. The lowest BCUT2D eigenvalue weighted by molar-refractivity contribution is -0.138. The molecule has 0 aliphatic rings. The van der Waals surface area contributed by atoms with E-state index in [-0.39, 0.29) is 33.7 Å². The molecule has 54 heavy (non-hydrogen) atoms. The van der Waals surface area contributed by atoms with E-state index in [4.69, 9.17) is 19.4 Å². The number of fused-ring (bicyclic) bond motifs is 2. The fourth-order valence-electron chi connectivity index (χ4n) is 6.04. The van der Waals surface area contributed by atoms with Crippen LogP contribution in [0.2, 0.25) is 0 Å². The fraction of sp³-hybridized carbons (Fsp3) is 0.300. The minimum atomic E-state index is -4.57. The van der Waals surface area contributed by atoms with E-state index in [0.29, 0.717) is 33.4 Å². The topological polar surface area (TPSA) is 88.2 Å². The first-order valence-corrected chi connectivity index (χ1v) is 16.8. The van der Waals surface area contributed by atoms with Crippen molar-refractivity contribution in [2.75, 3.05) is 0 Å². The molecule has 6 aromatic rings. The predicted octanol–water partition coefficient (Wildman–Crippen LogP) is 11.6. The molecule has 0 spiro atoms. The number of hydrogen-bond acceptors (Lipinski definition) is 6. The number of nitrogens with zero attached hydrogens (tertiary/aromatic N) is 4. The van der Waals surface area contributed by atoms with Gasteiger partial charge in [0.05, 0.1) is 33.2 Å². The van der Waals surface area contributed by atoms with Crippen molar-refractivity contribution in [1.82, 2.24) is 19.1 Å². The van der Waals surface area contributed by atoms with E-state index >= 15 is 0 Å². The highest BCUT2D eigenvalue weighted by Crippen LogP contribution is 2.39. The van der Waals surface area contributed by atoms with Gasteiger partial charge in [0.15, 0.2) is 11.6 Å². The molecule has 0 aliphatic heterocycles. The van der Waals surface area contributed by atoms with Crippen LogP contribution in [0.3, 0.4) is 0 Å². The number of imidazole rings is 2. The molecule has 282 valence electrons. The standard InChI is InChI=1S/C40H36F6N4O4/c1-21-17-27(23-9-13-25(14-10-23)39(41,42)43)31-29(19-21)49(35(51)53-37(3,4)5)33(47-31)34-48-32-28(24-11-15-26(16-12-24)40(44,45)46)18-22(2)20-30(32)50(34)36(52)54-38(6,7)8/h9-20H,1-8H3. The van der Waals surface area contributed by atoms with Crippen molar-refractivity contribution >= 4 is 34.3 Å². The largest absolute Gasteiger partial charge is 0.443 e. The molecule has 6 rings (SSSR count). The highest BCUT2D eigenvalue weighted by atomic mass is 19.4. The monoisotopic (exact) mass is 750 g/mol. The molecule has 0 N–H and O–H groups in total. The van der Waals surface area contributed by atoms with Gasteiger partial charge in [0.25, 0.3) is 0 Å². The van der Waals surface area contributed by atoms with E-state index in [1.807, 2.05) is 0 Å². The van der Waals surface area contributed by atoms with Crippen molar-refractivity contribution < 1.29 is 45.4 Å². The fourth-order valence-corrected chi connectivity index (χ4v) is 6.04. The summed E-state index contributed by atoms with van der Waals surface area (Å²) < 4.78 is 94.7. The van der Waals surface area contributed by atoms with Crippen LogP contribution in [-0.2, 0) is 21.8 Å². The van der Waals surface area contributed by atoms with E-state index in [9.17, 15) is 35.9 Å². The van der Waals surface area contributed by atoms with Crippen LogP contribution in [0.25, 0.3) is 56.0 Å². The van der Waals surface area contributed by atoms with Crippen molar-refractivity contribution in [3.05, 3.63) is 95.1 Å². The molecule has 14 heteroatoms. The van der Waals surface area contributed by atoms with Crippen LogP contribution in [0.5, 0.6) is 0 Å². The molecule has 0 saturated heterocycles. The van der Waals surface area contributed by atoms with E-state index in [1.54, 1.807) is 79.7 Å². The van der Waals surface area contributed by atoms with Crippen LogP contribution in [0.4, 0.5) is 35.9 Å². The van der Waals surface area contributed by atoms with Gasteiger partial charge >= 0.3 is 24.5 Å². The summed E-state index contributed by atoms with van der Waals surface area (Å²) in [6, 6.07) is 15.7. The molecular formula is C40H36F6N4O4. The molecule has 2 heterocycles. The van der Waals surface area contributed by atoms with Gasteiger partial charge in [-0.2, -0.15) is 26.3 Å². The maximum Gasteiger partial charge on any atom is 0.420 e. The third kappa shape index (κ3) is 7.55. The summed E-state index contributed by atoms with van der Waals surface area (Å²) in [5.74, 6) is -0.313. The molecule has 2 aromatic heterocycles. The van der Waals surface area contributed by atoms with Gasteiger partial charge in [-0.05, 0) is 126 Å². The third-order valence-corrected chi connectivity index (χ3v) is 8.21. The zero-order valence-electron chi connectivity index (χ0n) is 30.6. The third-order valence-electron chi connectivity index (χ3n) is 8.21. The van der Waals surface area contributed by atoms with Crippen LogP contribution in [-0.4, -0.2) is 42.5 Å². The predicted molar refractivity (Wildman–Crippen MR) is 192 cm³/mol. The summed E-state index contributed by atoms with van der Waals surface area (Å²) in [6.07, 6.45) is -10.9. The summed E-state index contributed by atoms with van der Waals surface area (Å²) >= 11 is 0. The highest BCUT2D eigenvalue weighted by molar-refractivity contribution is 6.03. The second-order valence-corrected chi connectivity index (χ2v) is 15.0. The number of benzene rings is 4. The Morgan fingerprint density at radius 3 is 1.13 bits per heavy atom. The Morgan fingerprint density at radius 2 is 0.852 bits per heavy atom. The van der Waals surface area contributed by atoms with Gasteiger partial charge in [-0.25, -0.2) is 28.7 Å². The summed E-state index contributed by atoms with van der Waals surface area (Å²) in [5, 5.41) is 0. The first-order valence-electron chi connectivity index (χ1n) is 16.8. The van der Waals surface area contributed by atoms with Gasteiger partial charge in [-0.3, -0.25) is 0 Å². The second kappa shape index (κ2) is 13.0. The number of ether oxygens (including phenoxy) is 2. The van der Waals surface area contributed by atoms with E-state index in [1.165, 1.54) is 24.3 Å². The maximum absolute atomic E-state index is 14.2. The number of rotatable bonds is 3. The SMILES string of the molecule is Cc1cc(-c2ccc(C(F)(F)F)cc2)c2nc(-c3nc4c(-c5ccc(C(F)(F)F)cc5)cc(C)cc4n3C(=O)OC(C)(C)C)n(C(=O)OC(C)(C)C)c2c1. The van der Waals surface area contributed by atoms with Crippen LogP contribution in [0.1, 0.15) is 63.8 Å². The molecule has 4 aromatic carbocycles. The first kappa shape index (κ1) is 38.1. The molecule has 0 aliphatic carbocycles. The zero-order valence-corrected chi connectivity index (χ0v) is 30.6. The second-order valence-electron chi connectivity index (χ2n) is 15.0. The van der Waals surface area contributed by atoms with Crippen molar-refractivity contribution in [1.29, 1.82) is 0 Å². The molecule has 0 unspecified atom stereocenters. The van der Waals surface area contributed by atoms with Gasteiger partial charge in [0.1, 0.15) is 11.2 Å².